The van der Waals surface area contributed by atoms with Crippen LogP contribution in [-0.4, -0.2) is 18.5 Å². The van der Waals surface area contributed by atoms with Gasteiger partial charge in [-0.15, -0.1) is 0 Å². The second-order valence-electron chi connectivity index (χ2n) is 3.23. The molecule has 0 spiro atoms. The summed E-state index contributed by atoms with van der Waals surface area (Å²) >= 11 is 5.58. The van der Waals surface area contributed by atoms with Gasteiger partial charge in [-0.05, 0) is 24.6 Å². The first kappa shape index (κ1) is 13.4. The number of esters is 1. The van der Waals surface area contributed by atoms with Gasteiger partial charge in [0, 0.05) is 6.42 Å². The molecule has 0 aromatic heterocycles. The molecule has 1 aromatic rings. The summed E-state index contributed by atoms with van der Waals surface area (Å²) < 4.78 is 17.6. The highest BCUT2D eigenvalue weighted by atomic mass is 35.5. The molecule has 1 rings (SSSR count). The molecule has 0 aliphatic rings. The largest absolute Gasteiger partial charge is 0.462 e. The van der Waals surface area contributed by atoms with Crippen molar-refractivity contribution >= 4 is 23.5 Å². The number of halogens is 2. The van der Waals surface area contributed by atoms with Crippen molar-refractivity contribution in [2.24, 2.45) is 0 Å². The predicted octanol–water partition coefficient (Wildman–Crippen LogP) is 2.34. The second kappa shape index (κ2) is 6.18. The molecular weight excluding hydrogens is 247 g/mol. The van der Waals surface area contributed by atoms with E-state index in [0.717, 1.165) is 0 Å². The van der Waals surface area contributed by atoms with E-state index in [1.54, 1.807) is 6.92 Å². The fraction of sp³-hybridized carbons (Fsp3) is 0.250. The maximum absolute atomic E-state index is 12.9. The van der Waals surface area contributed by atoms with E-state index in [0.29, 0.717) is 5.56 Å². The van der Waals surface area contributed by atoms with Gasteiger partial charge in [0.15, 0.2) is 0 Å². The minimum absolute atomic E-state index is 0.0162. The van der Waals surface area contributed by atoms with Gasteiger partial charge < -0.3 is 4.74 Å². The summed E-state index contributed by atoms with van der Waals surface area (Å²) in [6, 6.07) is 3.97. The van der Waals surface area contributed by atoms with Crippen LogP contribution in [0, 0.1) is 5.82 Å². The molecule has 0 saturated carbocycles. The fourth-order valence-electron chi connectivity index (χ4n) is 1.22. The van der Waals surface area contributed by atoms with Crippen LogP contribution in [0.15, 0.2) is 23.8 Å². The molecule has 0 heterocycles. The molecule has 1 aromatic carbocycles. The van der Waals surface area contributed by atoms with Crippen LogP contribution in [0.1, 0.15) is 12.5 Å². The lowest BCUT2D eigenvalue weighted by atomic mass is 10.1. The minimum Gasteiger partial charge on any atom is -0.462 e. The third-order valence-electron chi connectivity index (χ3n) is 2.01. The number of carbonyl (C=O) groups excluding carboxylic acids is 2. The summed E-state index contributed by atoms with van der Waals surface area (Å²) in [5, 5.41) is -0.0587. The highest BCUT2D eigenvalue weighted by molar-refractivity contribution is 6.30. The van der Waals surface area contributed by atoms with Crippen molar-refractivity contribution in [2.75, 3.05) is 6.61 Å². The molecule has 0 fully saturated rings. The van der Waals surface area contributed by atoms with E-state index in [4.69, 9.17) is 11.6 Å². The standard InChI is InChI=1S/C12H10ClFO3/c1-2-17-12(16)9(7-15)5-8-3-4-11(14)10(13)6-8/h3-4,6H,2,5H2,1H3. The van der Waals surface area contributed by atoms with Crippen molar-refractivity contribution in [1.82, 2.24) is 0 Å². The SMILES string of the molecule is CCOC(=O)C(=C=O)Cc1ccc(F)c(Cl)c1. The maximum Gasteiger partial charge on any atom is 0.345 e. The molecule has 0 N–H and O–H groups in total. The highest BCUT2D eigenvalue weighted by Gasteiger charge is 2.13. The summed E-state index contributed by atoms with van der Waals surface area (Å²) in [4.78, 5) is 21.9. The van der Waals surface area contributed by atoms with Gasteiger partial charge >= 0.3 is 5.97 Å². The molecule has 3 nitrogen and oxygen atoms in total. The Hall–Kier alpha value is -1.64. The normalized spacial score (nSPS) is 9.59. The maximum atomic E-state index is 12.9. The Kier molecular flexibility index (Phi) is 4.88. The van der Waals surface area contributed by atoms with Crippen LogP contribution in [0.3, 0.4) is 0 Å². The zero-order chi connectivity index (χ0) is 12.8. The lowest BCUT2D eigenvalue weighted by Gasteiger charge is -2.04. The second-order valence-corrected chi connectivity index (χ2v) is 3.63. The smallest absolute Gasteiger partial charge is 0.345 e. The van der Waals surface area contributed by atoms with Crippen molar-refractivity contribution in [3.05, 3.63) is 40.2 Å². The van der Waals surface area contributed by atoms with E-state index in [2.05, 4.69) is 4.74 Å². The Morgan fingerprint density at radius 2 is 2.24 bits per heavy atom. The summed E-state index contributed by atoms with van der Waals surface area (Å²) in [6.07, 6.45) is 0.0162. The van der Waals surface area contributed by atoms with Crippen LogP contribution >= 0.6 is 11.6 Å². The van der Waals surface area contributed by atoms with Crippen LogP contribution in [0.5, 0.6) is 0 Å². The van der Waals surface area contributed by atoms with Crippen molar-refractivity contribution in [3.63, 3.8) is 0 Å². The molecular formula is C12H10ClFO3. The molecule has 0 aliphatic carbocycles. The Labute approximate surface area is 103 Å². The fourth-order valence-corrected chi connectivity index (χ4v) is 1.42. The molecule has 0 aliphatic heterocycles. The topological polar surface area (TPSA) is 43.4 Å². The van der Waals surface area contributed by atoms with Gasteiger partial charge in [0.2, 0.25) is 0 Å². The molecule has 17 heavy (non-hydrogen) atoms. The molecule has 0 unspecified atom stereocenters. The van der Waals surface area contributed by atoms with Gasteiger partial charge in [-0.3, -0.25) is 0 Å². The molecule has 0 bridgehead atoms. The van der Waals surface area contributed by atoms with E-state index >= 15 is 0 Å². The average molecular weight is 257 g/mol. The quantitative estimate of drug-likeness (QED) is 0.472. The van der Waals surface area contributed by atoms with Crippen LogP contribution in [-0.2, 0) is 20.7 Å². The van der Waals surface area contributed by atoms with E-state index in [9.17, 15) is 14.0 Å². The zero-order valence-corrected chi connectivity index (χ0v) is 9.88. The minimum atomic E-state index is -0.719. The first-order valence-electron chi connectivity index (χ1n) is 4.93. The molecule has 0 atom stereocenters. The van der Waals surface area contributed by atoms with Gasteiger partial charge in [0.25, 0.3) is 0 Å². The van der Waals surface area contributed by atoms with Gasteiger partial charge in [0.05, 0.1) is 11.6 Å². The molecule has 5 heteroatoms. The molecule has 90 valence electrons. The van der Waals surface area contributed by atoms with E-state index in [1.165, 1.54) is 24.1 Å². The van der Waals surface area contributed by atoms with E-state index in [1.807, 2.05) is 0 Å². The van der Waals surface area contributed by atoms with Crippen LogP contribution in [0.4, 0.5) is 4.39 Å². The van der Waals surface area contributed by atoms with Crippen LogP contribution < -0.4 is 0 Å². The monoisotopic (exact) mass is 256 g/mol. The van der Waals surface area contributed by atoms with Gasteiger partial charge in [-0.2, -0.15) is 0 Å². The highest BCUT2D eigenvalue weighted by Crippen LogP contribution is 2.18. The Morgan fingerprint density at radius 3 is 2.76 bits per heavy atom. The van der Waals surface area contributed by atoms with Gasteiger partial charge in [-0.1, -0.05) is 17.7 Å². The summed E-state index contributed by atoms with van der Waals surface area (Å²) in [5.74, 6) is 0.252. The number of benzene rings is 1. The van der Waals surface area contributed by atoms with Crippen LogP contribution in [0.2, 0.25) is 5.02 Å². The summed E-state index contributed by atoms with van der Waals surface area (Å²) in [5.41, 5.74) is 0.400. The lowest BCUT2D eigenvalue weighted by Crippen LogP contribution is -2.10. The number of ether oxygens (including phenoxy) is 1. The number of hydrogen-bond acceptors (Lipinski definition) is 3. The van der Waals surface area contributed by atoms with Gasteiger partial charge in [0.1, 0.15) is 17.3 Å². The number of carbonyl (C=O) groups is 1. The van der Waals surface area contributed by atoms with E-state index in [-0.39, 0.29) is 23.6 Å². The van der Waals surface area contributed by atoms with Crippen molar-refractivity contribution in [1.29, 1.82) is 0 Å². The first-order valence-corrected chi connectivity index (χ1v) is 5.31. The van der Waals surface area contributed by atoms with Crippen molar-refractivity contribution in [3.8, 4) is 0 Å². The molecule has 0 saturated heterocycles. The van der Waals surface area contributed by atoms with Gasteiger partial charge in [-0.25, -0.2) is 14.0 Å². The summed E-state index contributed by atoms with van der Waals surface area (Å²) in [6.45, 7) is 1.81. The zero-order valence-electron chi connectivity index (χ0n) is 9.13. The first-order chi connectivity index (χ1) is 8.08. The number of rotatable bonds is 4. The Balaban J connectivity index is 2.85. The Morgan fingerprint density at radius 1 is 1.53 bits per heavy atom. The van der Waals surface area contributed by atoms with E-state index < -0.39 is 11.8 Å². The predicted molar refractivity (Wildman–Crippen MR) is 61.0 cm³/mol. The van der Waals surface area contributed by atoms with Crippen LogP contribution in [0.25, 0.3) is 0 Å². The van der Waals surface area contributed by atoms with Crippen molar-refractivity contribution < 1.29 is 18.7 Å². The number of hydrogen-bond donors (Lipinski definition) is 0. The average Bonchev–Trinajstić information content (AvgIpc) is 2.30. The third kappa shape index (κ3) is 3.70. The summed E-state index contributed by atoms with van der Waals surface area (Å²) in [7, 11) is 0. The van der Waals surface area contributed by atoms with Crippen molar-refractivity contribution in [2.45, 2.75) is 13.3 Å². The molecule has 0 amide bonds. The Bertz CT molecular complexity index is 479. The lowest BCUT2D eigenvalue weighted by molar-refractivity contribution is -0.138. The third-order valence-corrected chi connectivity index (χ3v) is 2.30. The molecule has 0 radical (unpaired) electrons.